The van der Waals surface area contributed by atoms with Crippen LogP contribution in [0, 0.1) is 0 Å². The van der Waals surface area contributed by atoms with E-state index >= 15 is 0 Å². The molecule has 0 unspecified atom stereocenters. The minimum absolute atomic E-state index is 0.174. The summed E-state index contributed by atoms with van der Waals surface area (Å²) in [6.07, 6.45) is -0.226. The van der Waals surface area contributed by atoms with Gasteiger partial charge in [-0.05, 0) is 31.0 Å². The lowest BCUT2D eigenvalue weighted by atomic mass is 9.96. The molecule has 0 radical (unpaired) electrons. The van der Waals surface area contributed by atoms with E-state index < -0.39 is 21.8 Å². The molecular weight excluding hydrogens is 371 g/mol. The van der Waals surface area contributed by atoms with Gasteiger partial charge in [0.15, 0.2) is 0 Å². The lowest BCUT2D eigenvalue weighted by Gasteiger charge is -2.22. The second-order valence-corrected chi connectivity index (χ2v) is 7.66. The number of hydrogen-bond acceptors (Lipinski definition) is 2. The van der Waals surface area contributed by atoms with E-state index in [1.54, 1.807) is 0 Å². The minimum atomic E-state index is -4.60. The van der Waals surface area contributed by atoms with Crippen molar-refractivity contribution in [2.75, 3.05) is 0 Å². The first-order chi connectivity index (χ1) is 9.70. The van der Waals surface area contributed by atoms with E-state index in [0.29, 0.717) is 6.07 Å². The van der Waals surface area contributed by atoms with Crippen molar-refractivity contribution in [1.82, 2.24) is 4.72 Å². The molecule has 21 heavy (non-hydrogen) atoms. The molecule has 1 aliphatic rings. The fraction of sp³-hybridized carbons (Fsp3) is 0.538. The third kappa shape index (κ3) is 4.20. The van der Waals surface area contributed by atoms with Gasteiger partial charge >= 0.3 is 6.18 Å². The normalized spacial score (nSPS) is 17.9. The zero-order chi connectivity index (χ0) is 15.7. The molecule has 0 saturated heterocycles. The molecule has 1 fully saturated rings. The number of hydrogen-bond donors (Lipinski definition) is 1. The zero-order valence-electron chi connectivity index (χ0n) is 11.1. The first-order valence-corrected chi connectivity index (χ1v) is 8.87. The highest BCUT2D eigenvalue weighted by Crippen LogP contribution is 2.36. The molecule has 0 aromatic heterocycles. The van der Waals surface area contributed by atoms with Crippen molar-refractivity contribution < 1.29 is 21.6 Å². The Kier molecular flexibility index (Phi) is 4.99. The van der Waals surface area contributed by atoms with Crippen molar-refractivity contribution in [2.24, 2.45) is 0 Å². The van der Waals surface area contributed by atoms with Gasteiger partial charge in [-0.1, -0.05) is 35.2 Å². The van der Waals surface area contributed by atoms with Crippen LogP contribution in [0.2, 0.25) is 0 Å². The Balaban J connectivity index is 2.27. The van der Waals surface area contributed by atoms with E-state index in [-0.39, 0.29) is 15.4 Å². The predicted molar refractivity (Wildman–Crippen MR) is 76.3 cm³/mol. The molecule has 0 amide bonds. The molecule has 3 nitrogen and oxygen atoms in total. The molecule has 0 bridgehead atoms. The Morgan fingerprint density at radius 1 is 1.14 bits per heavy atom. The molecule has 0 aliphatic heterocycles. The number of nitrogens with one attached hydrogen (secondary N) is 1. The van der Waals surface area contributed by atoms with Gasteiger partial charge in [0, 0.05) is 10.5 Å². The van der Waals surface area contributed by atoms with Gasteiger partial charge in [-0.15, -0.1) is 0 Å². The quantitative estimate of drug-likeness (QED) is 0.851. The number of rotatable bonds is 3. The van der Waals surface area contributed by atoms with Crippen LogP contribution in [0.1, 0.15) is 37.7 Å². The highest BCUT2D eigenvalue weighted by atomic mass is 79.9. The molecule has 0 atom stereocenters. The van der Waals surface area contributed by atoms with Gasteiger partial charge in [-0.25, -0.2) is 13.1 Å². The van der Waals surface area contributed by atoms with Crippen molar-refractivity contribution in [2.45, 2.75) is 49.2 Å². The molecule has 0 spiro atoms. The highest BCUT2D eigenvalue weighted by Gasteiger charge is 2.34. The maximum absolute atomic E-state index is 12.8. The largest absolute Gasteiger partial charge is 0.417 e. The average Bonchev–Trinajstić information content (AvgIpc) is 2.38. The fourth-order valence-electron chi connectivity index (χ4n) is 2.40. The summed E-state index contributed by atoms with van der Waals surface area (Å²) in [5.41, 5.74) is -0.992. The van der Waals surface area contributed by atoms with Gasteiger partial charge in [0.2, 0.25) is 10.0 Å². The maximum atomic E-state index is 12.8. The lowest BCUT2D eigenvalue weighted by Crippen LogP contribution is -2.36. The van der Waals surface area contributed by atoms with Gasteiger partial charge in [0.05, 0.1) is 10.5 Å². The van der Waals surface area contributed by atoms with Gasteiger partial charge in [0.1, 0.15) is 0 Å². The van der Waals surface area contributed by atoms with Gasteiger partial charge in [-0.2, -0.15) is 13.2 Å². The first kappa shape index (κ1) is 16.8. The van der Waals surface area contributed by atoms with Crippen molar-refractivity contribution >= 4 is 26.0 Å². The number of sulfonamides is 1. The summed E-state index contributed by atoms with van der Waals surface area (Å²) >= 11 is 2.80. The van der Waals surface area contributed by atoms with E-state index in [4.69, 9.17) is 0 Å². The fourth-order valence-corrected chi connectivity index (χ4v) is 4.20. The topological polar surface area (TPSA) is 46.2 Å². The standard InChI is InChI=1S/C13H15BrF3NO2S/c14-12-7-6-10(8-11(12)13(15,16)17)21(19,20)18-9-4-2-1-3-5-9/h6-9,18H,1-5H2. The van der Waals surface area contributed by atoms with E-state index in [2.05, 4.69) is 20.7 Å². The third-order valence-electron chi connectivity index (χ3n) is 3.48. The minimum Gasteiger partial charge on any atom is -0.208 e. The summed E-state index contributed by atoms with van der Waals surface area (Å²) in [7, 11) is -3.93. The van der Waals surface area contributed by atoms with Crippen molar-refractivity contribution in [3.05, 3.63) is 28.2 Å². The molecular formula is C13H15BrF3NO2S. The Morgan fingerprint density at radius 3 is 2.33 bits per heavy atom. The van der Waals surface area contributed by atoms with Crippen molar-refractivity contribution in [3.8, 4) is 0 Å². The average molecular weight is 386 g/mol. The van der Waals surface area contributed by atoms with E-state index in [1.807, 2.05) is 0 Å². The maximum Gasteiger partial charge on any atom is 0.417 e. The van der Waals surface area contributed by atoms with Crippen LogP contribution in [0.15, 0.2) is 27.6 Å². The van der Waals surface area contributed by atoms with Gasteiger partial charge in [-0.3, -0.25) is 0 Å². The van der Waals surface area contributed by atoms with Gasteiger partial charge in [0.25, 0.3) is 0 Å². The Bertz CT molecular complexity index is 610. The highest BCUT2D eigenvalue weighted by molar-refractivity contribution is 9.10. The molecule has 8 heteroatoms. The van der Waals surface area contributed by atoms with Crippen LogP contribution in [0.5, 0.6) is 0 Å². The van der Waals surface area contributed by atoms with E-state index in [1.165, 1.54) is 6.07 Å². The smallest absolute Gasteiger partial charge is 0.208 e. The number of halogens is 4. The molecule has 1 aromatic rings. The van der Waals surface area contributed by atoms with Crippen LogP contribution >= 0.6 is 15.9 Å². The lowest BCUT2D eigenvalue weighted by molar-refractivity contribution is -0.138. The van der Waals surface area contributed by atoms with Crippen LogP contribution < -0.4 is 4.72 Å². The van der Waals surface area contributed by atoms with Crippen LogP contribution in [0.3, 0.4) is 0 Å². The van der Waals surface area contributed by atoms with Crippen molar-refractivity contribution in [3.63, 3.8) is 0 Å². The summed E-state index contributed by atoms with van der Waals surface area (Å²) in [5, 5.41) is 0. The SMILES string of the molecule is O=S(=O)(NC1CCCCC1)c1ccc(Br)c(C(F)(F)F)c1. The number of benzene rings is 1. The Labute approximate surface area is 130 Å². The number of alkyl halides is 3. The predicted octanol–water partition coefficient (Wildman–Crippen LogP) is 4.08. The molecule has 0 heterocycles. The Morgan fingerprint density at radius 2 is 1.76 bits per heavy atom. The second-order valence-electron chi connectivity index (χ2n) is 5.10. The van der Waals surface area contributed by atoms with E-state index in [0.717, 1.165) is 38.2 Å². The summed E-state index contributed by atoms with van der Waals surface area (Å²) < 4.78 is 65.2. The van der Waals surface area contributed by atoms with Crippen LogP contribution in [-0.4, -0.2) is 14.5 Å². The van der Waals surface area contributed by atoms with Crippen molar-refractivity contribution in [1.29, 1.82) is 0 Å². The first-order valence-electron chi connectivity index (χ1n) is 6.59. The second kappa shape index (κ2) is 6.26. The summed E-state index contributed by atoms with van der Waals surface area (Å²) in [5.74, 6) is 0. The Hall–Kier alpha value is -0.600. The molecule has 2 rings (SSSR count). The monoisotopic (exact) mass is 385 g/mol. The summed E-state index contributed by atoms with van der Waals surface area (Å²) in [4.78, 5) is -0.358. The van der Waals surface area contributed by atoms with Crippen LogP contribution in [0.25, 0.3) is 0 Å². The summed E-state index contributed by atoms with van der Waals surface area (Å²) in [6, 6.07) is 2.75. The van der Waals surface area contributed by atoms with E-state index in [9.17, 15) is 21.6 Å². The molecule has 1 N–H and O–H groups in total. The molecule has 1 aromatic carbocycles. The van der Waals surface area contributed by atoms with Crippen LogP contribution in [-0.2, 0) is 16.2 Å². The van der Waals surface area contributed by atoms with Crippen LogP contribution in [0.4, 0.5) is 13.2 Å². The summed E-state index contributed by atoms with van der Waals surface area (Å²) in [6.45, 7) is 0. The van der Waals surface area contributed by atoms with Gasteiger partial charge < -0.3 is 0 Å². The molecule has 1 aliphatic carbocycles. The zero-order valence-corrected chi connectivity index (χ0v) is 13.5. The third-order valence-corrected chi connectivity index (χ3v) is 5.69. The molecule has 1 saturated carbocycles. The molecule has 118 valence electrons.